The number of hydrogen-bond acceptors (Lipinski definition) is 1. The van der Waals surface area contributed by atoms with Crippen LogP contribution in [-0.4, -0.2) is 14.9 Å². The molecule has 1 nitrogen and oxygen atoms in total. The lowest BCUT2D eigenvalue weighted by Gasteiger charge is -2.21. The monoisotopic (exact) mass is 318 g/mol. The van der Waals surface area contributed by atoms with Crippen LogP contribution in [0.15, 0.2) is 12.1 Å². The molecule has 0 aliphatic carbocycles. The van der Waals surface area contributed by atoms with Crippen LogP contribution >= 0.6 is 0 Å². The summed E-state index contributed by atoms with van der Waals surface area (Å²) in [4.78, 5) is 0. The molecule has 0 bridgehead atoms. The molecule has 0 fully saturated rings. The van der Waals surface area contributed by atoms with Crippen LogP contribution in [0.4, 0.5) is 13.2 Å². The Morgan fingerprint density at radius 1 is 0.952 bits per heavy atom. The summed E-state index contributed by atoms with van der Waals surface area (Å²) in [5, 5.41) is 0. The van der Waals surface area contributed by atoms with Gasteiger partial charge in [0, 0.05) is 24.3 Å². The molecule has 0 spiro atoms. The average molecular weight is 318 g/mol. The van der Waals surface area contributed by atoms with Crippen molar-refractivity contribution < 1.29 is 17.6 Å². The first kappa shape index (κ1) is 18.2. The molecular formula is C16H25F3OSi. The van der Waals surface area contributed by atoms with E-state index in [0.717, 1.165) is 50.5 Å². The van der Waals surface area contributed by atoms with Crippen molar-refractivity contribution in [1.82, 2.24) is 0 Å². The molecule has 0 aromatic heterocycles. The van der Waals surface area contributed by atoms with Gasteiger partial charge in [0.2, 0.25) is 0 Å². The van der Waals surface area contributed by atoms with E-state index in [-0.39, 0.29) is 5.56 Å². The van der Waals surface area contributed by atoms with Gasteiger partial charge in [0.25, 0.3) is 0 Å². The van der Waals surface area contributed by atoms with Crippen molar-refractivity contribution in [3.8, 4) is 0 Å². The van der Waals surface area contributed by atoms with Gasteiger partial charge in [-0.25, -0.2) is 13.2 Å². The Morgan fingerprint density at radius 2 is 1.52 bits per heavy atom. The Balaban J connectivity index is 2.26. The van der Waals surface area contributed by atoms with Gasteiger partial charge >= 0.3 is 0 Å². The summed E-state index contributed by atoms with van der Waals surface area (Å²) in [5.74, 6) is -2.42. The molecule has 0 aliphatic rings. The fourth-order valence-electron chi connectivity index (χ4n) is 2.48. The molecule has 1 aromatic carbocycles. The molecule has 0 radical (unpaired) electrons. The Kier molecular flexibility index (Phi) is 7.46. The van der Waals surface area contributed by atoms with Crippen molar-refractivity contribution in [2.24, 2.45) is 0 Å². The van der Waals surface area contributed by atoms with Gasteiger partial charge in [-0.1, -0.05) is 19.3 Å². The van der Waals surface area contributed by atoms with Crippen LogP contribution in [-0.2, 0) is 10.8 Å². The van der Waals surface area contributed by atoms with Gasteiger partial charge in [0.15, 0.2) is 8.32 Å². The van der Waals surface area contributed by atoms with Gasteiger partial charge in [-0.05, 0) is 38.9 Å². The maximum Gasteiger partial charge on any atom is 0.186 e. The normalized spacial score (nSPS) is 11.9. The summed E-state index contributed by atoms with van der Waals surface area (Å²) in [6.07, 6.45) is 4.09. The first-order chi connectivity index (χ1) is 9.85. The van der Waals surface area contributed by atoms with Crippen LogP contribution in [0.3, 0.4) is 0 Å². The zero-order valence-corrected chi connectivity index (χ0v) is 14.1. The van der Waals surface area contributed by atoms with Crippen molar-refractivity contribution in [2.75, 3.05) is 6.61 Å². The lowest BCUT2D eigenvalue weighted by Crippen LogP contribution is -2.29. The summed E-state index contributed by atoms with van der Waals surface area (Å²) in [5.41, 5.74) is 0.000390. The van der Waals surface area contributed by atoms with Crippen LogP contribution in [0.1, 0.15) is 38.2 Å². The van der Waals surface area contributed by atoms with E-state index in [2.05, 4.69) is 13.1 Å². The summed E-state index contributed by atoms with van der Waals surface area (Å²) in [6, 6.07) is 2.60. The second kappa shape index (κ2) is 8.59. The van der Waals surface area contributed by atoms with E-state index < -0.39 is 25.8 Å². The van der Waals surface area contributed by atoms with E-state index >= 15 is 0 Å². The van der Waals surface area contributed by atoms with Gasteiger partial charge < -0.3 is 4.43 Å². The van der Waals surface area contributed by atoms with E-state index in [9.17, 15) is 13.2 Å². The number of rotatable bonds is 9. The molecular weight excluding hydrogens is 293 g/mol. The predicted octanol–water partition coefficient (Wildman–Crippen LogP) is 5.45. The number of halogens is 3. The summed E-state index contributed by atoms with van der Waals surface area (Å²) >= 11 is 0. The molecule has 0 heterocycles. The van der Waals surface area contributed by atoms with Crippen molar-refractivity contribution in [2.45, 2.75) is 58.2 Å². The van der Waals surface area contributed by atoms with E-state index in [4.69, 9.17) is 4.43 Å². The largest absolute Gasteiger partial charge is 0.418 e. The SMILES string of the molecule is CCO[Si](C)(C)CCCCCCc1c(F)cc(F)cc1F. The maximum atomic E-state index is 13.4. The highest BCUT2D eigenvalue weighted by Crippen LogP contribution is 2.20. The summed E-state index contributed by atoms with van der Waals surface area (Å²) in [7, 11) is -1.51. The lowest BCUT2D eigenvalue weighted by molar-refractivity contribution is 0.327. The molecule has 1 aromatic rings. The zero-order valence-electron chi connectivity index (χ0n) is 13.1. The molecule has 5 heteroatoms. The molecule has 0 atom stereocenters. The minimum absolute atomic E-state index is 0.000390. The van der Waals surface area contributed by atoms with Crippen molar-refractivity contribution in [1.29, 1.82) is 0 Å². The molecule has 0 saturated carbocycles. The van der Waals surface area contributed by atoms with Gasteiger partial charge in [-0.3, -0.25) is 0 Å². The fraction of sp³-hybridized carbons (Fsp3) is 0.625. The van der Waals surface area contributed by atoms with Gasteiger partial charge in [-0.15, -0.1) is 0 Å². The molecule has 1 rings (SSSR count). The first-order valence-electron chi connectivity index (χ1n) is 7.63. The summed E-state index contributed by atoms with van der Waals surface area (Å²) in [6.45, 7) is 7.20. The number of hydrogen-bond donors (Lipinski definition) is 0. The van der Waals surface area contributed by atoms with Crippen molar-refractivity contribution in [3.05, 3.63) is 35.1 Å². The predicted molar refractivity (Wildman–Crippen MR) is 82.4 cm³/mol. The topological polar surface area (TPSA) is 9.23 Å². The highest BCUT2D eigenvalue weighted by Gasteiger charge is 2.20. The smallest absolute Gasteiger partial charge is 0.186 e. The third-order valence-electron chi connectivity index (χ3n) is 3.60. The highest BCUT2D eigenvalue weighted by atomic mass is 28.4. The molecule has 0 amide bonds. The Morgan fingerprint density at radius 3 is 2.10 bits per heavy atom. The van der Waals surface area contributed by atoms with E-state index in [1.807, 2.05) is 6.92 Å². The highest BCUT2D eigenvalue weighted by molar-refractivity contribution is 6.71. The zero-order chi connectivity index (χ0) is 15.9. The molecule has 0 N–H and O–H groups in total. The van der Waals surface area contributed by atoms with Crippen LogP contribution in [0.5, 0.6) is 0 Å². The third-order valence-corrected chi connectivity index (χ3v) is 6.22. The Labute approximate surface area is 126 Å². The minimum atomic E-state index is -1.51. The molecule has 0 unspecified atom stereocenters. The third kappa shape index (κ3) is 6.65. The van der Waals surface area contributed by atoms with E-state index in [1.165, 1.54) is 0 Å². The molecule has 0 aliphatic heterocycles. The second-order valence-electron chi connectivity index (χ2n) is 5.95. The minimum Gasteiger partial charge on any atom is -0.418 e. The fourth-order valence-corrected chi connectivity index (χ4v) is 4.51. The van der Waals surface area contributed by atoms with Gasteiger partial charge in [0.05, 0.1) is 0 Å². The number of benzene rings is 1. The second-order valence-corrected chi connectivity index (χ2v) is 10.3. The van der Waals surface area contributed by atoms with E-state index in [1.54, 1.807) is 0 Å². The lowest BCUT2D eigenvalue weighted by atomic mass is 10.1. The summed E-state index contributed by atoms with van der Waals surface area (Å²) < 4.78 is 45.4. The molecule has 120 valence electrons. The van der Waals surface area contributed by atoms with Crippen molar-refractivity contribution >= 4 is 8.32 Å². The first-order valence-corrected chi connectivity index (χ1v) is 10.7. The standard InChI is InChI=1S/C16H25F3OSi/c1-4-20-21(2,3)10-8-6-5-7-9-14-15(18)11-13(17)12-16(14)19/h11-12H,4-10H2,1-3H3. The van der Waals surface area contributed by atoms with Crippen LogP contribution < -0.4 is 0 Å². The van der Waals surface area contributed by atoms with Crippen LogP contribution in [0, 0.1) is 17.5 Å². The van der Waals surface area contributed by atoms with Crippen LogP contribution in [0.25, 0.3) is 0 Å². The average Bonchev–Trinajstić information content (AvgIpc) is 2.35. The van der Waals surface area contributed by atoms with E-state index in [0.29, 0.717) is 6.42 Å². The van der Waals surface area contributed by atoms with Crippen molar-refractivity contribution in [3.63, 3.8) is 0 Å². The molecule has 21 heavy (non-hydrogen) atoms. The quantitative estimate of drug-likeness (QED) is 0.434. The number of unbranched alkanes of at least 4 members (excludes halogenated alkanes) is 3. The van der Waals surface area contributed by atoms with Gasteiger partial charge in [-0.2, -0.15) is 0 Å². The van der Waals surface area contributed by atoms with Crippen LogP contribution in [0.2, 0.25) is 19.1 Å². The van der Waals surface area contributed by atoms with Gasteiger partial charge in [0.1, 0.15) is 17.5 Å². The molecule has 0 saturated heterocycles. The Bertz CT molecular complexity index is 426. The Hall–Kier alpha value is -0.813. The maximum absolute atomic E-state index is 13.4.